The molecule has 0 aliphatic heterocycles. The maximum Gasteiger partial charge on any atom is 0.134 e. The molecule has 0 aliphatic carbocycles. The van der Waals surface area contributed by atoms with Crippen molar-refractivity contribution in [3.63, 3.8) is 0 Å². The first kappa shape index (κ1) is 13.2. The topological polar surface area (TPSA) is 37.8 Å². The number of hydrogen-bond acceptors (Lipinski definition) is 4. The lowest BCUT2D eigenvalue weighted by atomic mass is 10.1. The van der Waals surface area contributed by atoms with Gasteiger partial charge in [-0.1, -0.05) is 48.1 Å². The molecule has 3 nitrogen and oxygen atoms in total. The van der Waals surface area contributed by atoms with Crippen molar-refractivity contribution < 1.29 is 0 Å². The van der Waals surface area contributed by atoms with Crippen LogP contribution in [-0.2, 0) is 6.42 Å². The fourth-order valence-corrected chi connectivity index (χ4v) is 2.81. The Morgan fingerprint density at radius 1 is 1.33 bits per heavy atom. The fourth-order valence-electron chi connectivity index (χ4n) is 1.90. The molecule has 1 unspecified atom stereocenters. The molecule has 4 heteroatoms. The van der Waals surface area contributed by atoms with Gasteiger partial charge in [-0.3, -0.25) is 0 Å². The molecular formula is C14H19N3S. The molecule has 0 spiro atoms. The Morgan fingerprint density at radius 3 is 2.89 bits per heavy atom. The van der Waals surface area contributed by atoms with Crippen molar-refractivity contribution >= 4 is 11.3 Å². The van der Waals surface area contributed by atoms with E-state index in [4.69, 9.17) is 0 Å². The summed E-state index contributed by atoms with van der Waals surface area (Å²) in [6.45, 7) is 7.29. The summed E-state index contributed by atoms with van der Waals surface area (Å²) < 4.78 is 0. The van der Waals surface area contributed by atoms with Gasteiger partial charge in [-0.05, 0) is 26.0 Å². The van der Waals surface area contributed by atoms with E-state index in [2.05, 4.69) is 60.6 Å². The second-order valence-corrected chi connectivity index (χ2v) is 5.57. The van der Waals surface area contributed by atoms with Crippen LogP contribution in [0.15, 0.2) is 24.3 Å². The van der Waals surface area contributed by atoms with Crippen molar-refractivity contribution in [3.8, 4) is 0 Å². The van der Waals surface area contributed by atoms with Crippen LogP contribution < -0.4 is 5.32 Å². The highest BCUT2D eigenvalue weighted by Gasteiger charge is 2.11. The highest BCUT2D eigenvalue weighted by atomic mass is 32.1. The molecule has 0 saturated heterocycles. The molecule has 2 rings (SSSR count). The number of rotatable bonds is 5. The molecular weight excluding hydrogens is 242 g/mol. The summed E-state index contributed by atoms with van der Waals surface area (Å²) in [5.74, 6) is 0. The first-order chi connectivity index (χ1) is 8.69. The second-order valence-electron chi connectivity index (χ2n) is 4.48. The molecule has 18 heavy (non-hydrogen) atoms. The van der Waals surface area contributed by atoms with Crippen LogP contribution in [0.5, 0.6) is 0 Å². The van der Waals surface area contributed by atoms with E-state index >= 15 is 0 Å². The summed E-state index contributed by atoms with van der Waals surface area (Å²) in [5.41, 5.74) is 2.59. The maximum absolute atomic E-state index is 4.27. The van der Waals surface area contributed by atoms with E-state index in [0.29, 0.717) is 6.04 Å². The summed E-state index contributed by atoms with van der Waals surface area (Å²) in [6.07, 6.45) is 0.873. The van der Waals surface area contributed by atoms with Gasteiger partial charge in [0.2, 0.25) is 0 Å². The maximum atomic E-state index is 4.27. The lowest BCUT2D eigenvalue weighted by Crippen LogP contribution is -2.17. The third-order valence-electron chi connectivity index (χ3n) is 2.80. The van der Waals surface area contributed by atoms with Gasteiger partial charge in [-0.2, -0.15) is 0 Å². The molecule has 2 aromatic rings. The van der Waals surface area contributed by atoms with Gasteiger partial charge >= 0.3 is 0 Å². The smallest absolute Gasteiger partial charge is 0.134 e. The van der Waals surface area contributed by atoms with Gasteiger partial charge < -0.3 is 5.32 Å². The number of nitrogens with zero attached hydrogens (tertiary/aromatic N) is 2. The molecule has 0 amide bonds. The normalized spacial score (nSPS) is 12.6. The van der Waals surface area contributed by atoms with E-state index in [9.17, 15) is 0 Å². The Kier molecular flexibility index (Phi) is 4.44. The summed E-state index contributed by atoms with van der Waals surface area (Å²) >= 11 is 1.70. The van der Waals surface area contributed by atoms with Gasteiger partial charge in [-0.25, -0.2) is 0 Å². The molecule has 1 aromatic heterocycles. The van der Waals surface area contributed by atoms with Gasteiger partial charge in [0.25, 0.3) is 0 Å². The van der Waals surface area contributed by atoms with E-state index in [0.717, 1.165) is 23.0 Å². The van der Waals surface area contributed by atoms with Crippen LogP contribution in [0.3, 0.4) is 0 Å². The highest BCUT2D eigenvalue weighted by Crippen LogP contribution is 2.20. The van der Waals surface area contributed by atoms with Gasteiger partial charge in [0.15, 0.2) is 0 Å². The van der Waals surface area contributed by atoms with Crippen molar-refractivity contribution in [2.24, 2.45) is 0 Å². The van der Waals surface area contributed by atoms with Crippen LogP contribution in [0.1, 0.15) is 41.0 Å². The molecule has 1 heterocycles. The molecule has 1 N–H and O–H groups in total. The van der Waals surface area contributed by atoms with Crippen LogP contribution in [0.2, 0.25) is 0 Å². The molecule has 1 atom stereocenters. The number of hydrogen-bond donors (Lipinski definition) is 1. The predicted molar refractivity (Wildman–Crippen MR) is 76.0 cm³/mol. The van der Waals surface area contributed by atoms with Gasteiger partial charge in [-0.15, -0.1) is 10.2 Å². The first-order valence-electron chi connectivity index (χ1n) is 6.30. The number of benzene rings is 1. The Morgan fingerprint density at radius 2 is 2.17 bits per heavy atom. The quantitative estimate of drug-likeness (QED) is 0.898. The third-order valence-corrected chi connectivity index (χ3v) is 3.91. The van der Waals surface area contributed by atoms with Crippen LogP contribution in [0.4, 0.5) is 0 Å². The molecule has 0 saturated carbocycles. The SMILES string of the molecule is CCNC(C)c1nnc(Cc2cccc(C)c2)s1. The summed E-state index contributed by atoms with van der Waals surface area (Å²) in [4.78, 5) is 0. The van der Waals surface area contributed by atoms with Crippen LogP contribution in [-0.4, -0.2) is 16.7 Å². The van der Waals surface area contributed by atoms with Crippen molar-refractivity contribution in [2.45, 2.75) is 33.2 Å². The second kappa shape index (κ2) is 6.07. The van der Waals surface area contributed by atoms with E-state index in [1.807, 2.05) is 0 Å². The molecule has 0 fully saturated rings. The van der Waals surface area contributed by atoms with E-state index < -0.39 is 0 Å². The Balaban J connectivity index is 2.06. The zero-order valence-corrected chi connectivity index (χ0v) is 11.9. The highest BCUT2D eigenvalue weighted by molar-refractivity contribution is 7.11. The van der Waals surface area contributed by atoms with Crippen molar-refractivity contribution in [1.82, 2.24) is 15.5 Å². The molecule has 96 valence electrons. The zero-order chi connectivity index (χ0) is 13.0. The summed E-state index contributed by atoms with van der Waals surface area (Å²) in [6, 6.07) is 8.84. The number of nitrogens with one attached hydrogen (secondary N) is 1. The third kappa shape index (κ3) is 3.37. The average Bonchev–Trinajstić information content (AvgIpc) is 2.78. The van der Waals surface area contributed by atoms with E-state index in [-0.39, 0.29) is 0 Å². The average molecular weight is 261 g/mol. The van der Waals surface area contributed by atoms with Crippen molar-refractivity contribution in [2.75, 3.05) is 6.54 Å². The number of aromatic nitrogens is 2. The van der Waals surface area contributed by atoms with E-state index in [1.165, 1.54) is 11.1 Å². The van der Waals surface area contributed by atoms with Gasteiger partial charge in [0.1, 0.15) is 10.0 Å². The molecule has 0 bridgehead atoms. The van der Waals surface area contributed by atoms with E-state index in [1.54, 1.807) is 11.3 Å². The zero-order valence-electron chi connectivity index (χ0n) is 11.1. The number of aryl methyl sites for hydroxylation is 1. The minimum Gasteiger partial charge on any atom is -0.308 e. The Labute approximate surface area is 112 Å². The molecule has 1 aromatic carbocycles. The van der Waals surface area contributed by atoms with Crippen LogP contribution in [0.25, 0.3) is 0 Å². The minimum atomic E-state index is 0.291. The molecule has 0 radical (unpaired) electrons. The predicted octanol–water partition coefficient (Wildman–Crippen LogP) is 3.11. The standard InChI is InChI=1S/C14H19N3S/c1-4-15-11(3)14-17-16-13(18-14)9-12-7-5-6-10(2)8-12/h5-8,11,15H,4,9H2,1-3H3. The van der Waals surface area contributed by atoms with Gasteiger partial charge in [0.05, 0.1) is 6.04 Å². The van der Waals surface area contributed by atoms with Crippen molar-refractivity contribution in [1.29, 1.82) is 0 Å². The summed E-state index contributed by atoms with van der Waals surface area (Å²) in [7, 11) is 0. The van der Waals surface area contributed by atoms with Gasteiger partial charge in [0, 0.05) is 6.42 Å². The van der Waals surface area contributed by atoms with Crippen LogP contribution >= 0.6 is 11.3 Å². The largest absolute Gasteiger partial charge is 0.308 e. The lowest BCUT2D eigenvalue weighted by Gasteiger charge is -2.06. The van der Waals surface area contributed by atoms with Crippen molar-refractivity contribution in [3.05, 3.63) is 45.4 Å². The Bertz CT molecular complexity index is 507. The monoisotopic (exact) mass is 261 g/mol. The summed E-state index contributed by atoms with van der Waals surface area (Å²) in [5, 5.41) is 14.0. The fraction of sp³-hybridized carbons (Fsp3) is 0.429. The lowest BCUT2D eigenvalue weighted by molar-refractivity contribution is 0.589. The molecule has 0 aliphatic rings. The Hall–Kier alpha value is -1.26. The first-order valence-corrected chi connectivity index (χ1v) is 7.12. The minimum absolute atomic E-state index is 0.291. The van der Waals surface area contributed by atoms with Crippen LogP contribution in [0, 0.1) is 6.92 Å².